The summed E-state index contributed by atoms with van der Waals surface area (Å²) in [6.07, 6.45) is 4.58. The molecular weight excluding hydrogens is 190 g/mol. The van der Waals surface area contributed by atoms with Crippen LogP contribution in [0.3, 0.4) is 0 Å². The molecule has 2 rings (SSSR count). The van der Waals surface area contributed by atoms with Crippen molar-refractivity contribution in [2.24, 2.45) is 0 Å². The standard InChI is InChI=1S/C11H7N3O/c12-7-9-3-1-2-4-10(9)15-11-8-13-5-6-14-11/h1-6,8H. The van der Waals surface area contributed by atoms with Gasteiger partial charge in [0.1, 0.15) is 11.8 Å². The molecule has 0 aliphatic rings. The maximum atomic E-state index is 8.83. The van der Waals surface area contributed by atoms with Gasteiger partial charge in [-0.2, -0.15) is 5.26 Å². The lowest BCUT2D eigenvalue weighted by Gasteiger charge is -2.04. The molecule has 4 heteroatoms. The average molecular weight is 197 g/mol. The fourth-order valence-corrected chi connectivity index (χ4v) is 1.10. The summed E-state index contributed by atoms with van der Waals surface area (Å²) >= 11 is 0. The van der Waals surface area contributed by atoms with E-state index in [1.165, 1.54) is 12.4 Å². The lowest BCUT2D eigenvalue weighted by atomic mass is 10.2. The molecule has 0 saturated heterocycles. The molecule has 0 N–H and O–H groups in total. The van der Waals surface area contributed by atoms with Crippen LogP contribution in [0.2, 0.25) is 0 Å². The van der Waals surface area contributed by atoms with E-state index in [0.717, 1.165) is 0 Å². The first kappa shape index (κ1) is 9.16. The predicted octanol–water partition coefficient (Wildman–Crippen LogP) is 2.14. The van der Waals surface area contributed by atoms with Gasteiger partial charge in [-0.05, 0) is 12.1 Å². The van der Waals surface area contributed by atoms with Crippen molar-refractivity contribution in [3.8, 4) is 17.7 Å². The minimum atomic E-state index is 0.375. The molecule has 0 amide bonds. The van der Waals surface area contributed by atoms with Crippen molar-refractivity contribution in [3.05, 3.63) is 48.4 Å². The molecule has 72 valence electrons. The Balaban J connectivity index is 2.29. The SMILES string of the molecule is N#Cc1ccccc1Oc1cnccn1. The average Bonchev–Trinajstić information content (AvgIpc) is 2.31. The van der Waals surface area contributed by atoms with Gasteiger partial charge < -0.3 is 4.74 Å². The second-order valence-electron chi connectivity index (χ2n) is 2.75. The zero-order valence-corrected chi connectivity index (χ0v) is 7.79. The second kappa shape index (κ2) is 4.20. The highest BCUT2D eigenvalue weighted by Gasteiger charge is 2.03. The fraction of sp³-hybridized carbons (Fsp3) is 0. The Bertz CT molecular complexity index is 491. The molecule has 0 atom stereocenters. The predicted molar refractivity (Wildman–Crippen MR) is 53.3 cm³/mol. The quantitative estimate of drug-likeness (QED) is 0.740. The van der Waals surface area contributed by atoms with Crippen molar-refractivity contribution < 1.29 is 4.74 Å². The Labute approximate surface area is 86.8 Å². The molecule has 0 aliphatic carbocycles. The molecule has 0 spiro atoms. The van der Waals surface area contributed by atoms with Gasteiger partial charge in [0.15, 0.2) is 0 Å². The topological polar surface area (TPSA) is 58.8 Å². The summed E-state index contributed by atoms with van der Waals surface area (Å²) < 4.78 is 5.40. The van der Waals surface area contributed by atoms with Crippen LogP contribution in [0.4, 0.5) is 0 Å². The Kier molecular flexibility index (Phi) is 2.56. The first-order valence-electron chi connectivity index (χ1n) is 4.33. The van der Waals surface area contributed by atoms with Gasteiger partial charge in [0.2, 0.25) is 5.88 Å². The summed E-state index contributed by atoms with van der Waals surface area (Å²) in [5, 5.41) is 8.83. The summed E-state index contributed by atoms with van der Waals surface area (Å²) in [5.74, 6) is 0.862. The van der Waals surface area contributed by atoms with Crippen molar-refractivity contribution in [1.82, 2.24) is 9.97 Å². The number of nitrogens with zero attached hydrogens (tertiary/aromatic N) is 3. The van der Waals surface area contributed by atoms with Crippen molar-refractivity contribution in [2.75, 3.05) is 0 Å². The number of rotatable bonds is 2. The van der Waals surface area contributed by atoms with Crippen LogP contribution in [-0.2, 0) is 0 Å². The van der Waals surface area contributed by atoms with E-state index in [0.29, 0.717) is 17.2 Å². The highest BCUT2D eigenvalue weighted by atomic mass is 16.5. The van der Waals surface area contributed by atoms with Crippen LogP contribution >= 0.6 is 0 Å². The maximum Gasteiger partial charge on any atom is 0.237 e. The maximum absolute atomic E-state index is 8.83. The summed E-state index contributed by atoms with van der Waals surface area (Å²) in [5.41, 5.74) is 0.475. The summed E-state index contributed by atoms with van der Waals surface area (Å²) in [4.78, 5) is 7.82. The Morgan fingerprint density at radius 1 is 1.20 bits per heavy atom. The van der Waals surface area contributed by atoms with Crippen LogP contribution in [0.15, 0.2) is 42.9 Å². The molecule has 0 saturated carbocycles. The number of hydrogen-bond acceptors (Lipinski definition) is 4. The Morgan fingerprint density at radius 2 is 2.07 bits per heavy atom. The molecule has 2 aromatic rings. The second-order valence-corrected chi connectivity index (χ2v) is 2.75. The summed E-state index contributed by atoms with van der Waals surface area (Å²) in [7, 11) is 0. The normalized spacial score (nSPS) is 9.27. The van der Waals surface area contributed by atoms with Crippen LogP contribution in [0.25, 0.3) is 0 Å². The van der Waals surface area contributed by atoms with E-state index in [2.05, 4.69) is 9.97 Å². The number of para-hydroxylation sites is 1. The zero-order chi connectivity index (χ0) is 10.5. The van der Waals surface area contributed by atoms with Crippen LogP contribution in [0, 0.1) is 11.3 Å². The van der Waals surface area contributed by atoms with Gasteiger partial charge in [-0.3, -0.25) is 4.98 Å². The summed E-state index contributed by atoms with van der Waals surface area (Å²) in [6.45, 7) is 0. The monoisotopic (exact) mass is 197 g/mol. The number of aromatic nitrogens is 2. The number of nitriles is 1. The highest BCUT2D eigenvalue weighted by molar-refractivity contribution is 5.43. The van der Waals surface area contributed by atoms with Gasteiger partial charge in [-0.1, -0.05) is 12.1 Å². The lowest BCUT2D eigenvalue weighted by molar-refractivity contribution is 0.458. The van der Waals surface area contributed by atoms with E-state index >= 15 is 0 Å². The van der Waals surface area contributed by atoms with E-state index in [9.17, 15) is 0 Å². The van der Waals surface area contributed by atoms with Crippen LogP contribution in [0.5, 0.6) is 11.6 Å². The molecular formula is C11H7N3O. The number of hydrogen-bond donors (Lipinski definition) is 0. The van der Waals surface area contributed by atoms with E-state index in [1.807, 2.05) is 6.07 Å². The van der Waals surface area contributed by atoms with Crippen molar-refractivity contribution in [2.45, 2.75) is 0 Å². The minimum absolute atomic E-state index is 0.375. The largest absolute Gasteiger partial charge is 0.436 e. The highest BCUT2D eigenvalue weighted by Crippen LogP contribution is 2.21. The molecule has 1 aromatic heterocycles. The third kappa shape index (κ3) is 2.09. The van der Waals surface area contributed by atoms with E-state index in [1.54, 1.807) is 30.5 Å². The molecule has 0 unspecified atom stereocenters. The van der Waals surface area contributed by atoms with E-state index in [-0.39, 0.29) is 0 Å². The molecule has 0 aliphatic heterocycles. The molecule has 0 fully saturated rings. The smallest absolute Gasteiger partial charge is 0.237 e. The van der Waals surface area contributed by atoms with E-state index < -0.39 is 0 Å². The van der Waals surface area contributed by atoms with Gasteiger partial charge in [0.25, 0.3) is 0 Å². The van der Waals surface area contributed by atoms with Crippen molar-refractivity contribution >= 4 is 0 Å². The first-order chi connectivity index (χ1) is 7.40. The van der Waals surface area contributed by atoms with Gasteiger partial charge in [0, 0.05) is 12.4 Å². The first-order valence-corrected chi connectivity index (χ1v) is 4.33. The third-order valence-corrected chi connectivity index (χ3v) is 1.76. The van der Waals surface area contributed by atoms with Gasteiger partial charge in [-0.15, -0.1) is 0 Å². The van der Waals surface area contributed by atoms with Gasteiger partial charge in [0.05, 0.1) is 11.8 Å². The third-order valence-electron chi connectivity index (χ3n) is 1.76. The van der Waals surface area contributed by atoms with Crippen LogP contribution in [0.1, 0.15) is 5.56 Å². The Morgan fingerprint density at radius 3 is 2.80 bits per heavy atom. The Hall–Kier alpha value is -2.41. The van der Waals surface area contributed by atoms with Gasteiger partial charge in [-0.25, -0.2) is 4.98 Å². The summed E-state index contributed by atoms with van der Waals surface area (Å²) in [6, 6.07) is 9.02. The molecule has 1 aromatic carbocycles. The minimum Gasteiger partial charge on any atom is -0.436 e. The van der Waals surface area contributed by atoms with Crippen molar-refractivity contribution in [3.63, 3.8) is 0 Å². The van der Waals surface area contributed by atoms with Crippen LogP contribution in [-0.4, -0.2) is 9.97 Å². The molecule has 0 radical (unpaired) electrons. The fourth-order valence-electron chi connectivity index (χ4n) is 1.10. The molecule has 4 nitrogen and oxygen atoms in total. The van der Waals surface area contributed by atoms with Gasteiger partial charge >= 0.3 is 0 Å². The molecule has 1 heterocycles. The van der Waals surface area contributed by atoms with Crippen LogP contribution < -0.4 is 4.74 Å². The lowest BCUT2D eigenvalue weighted by Crippen LogP contribution is -1.90. The van der Waals surface area contributed by atoms with Crippen molar-refractivity contribution in [1.29, 1.82) is 5.26 Å². The zero-order valence-electron chi connectivity index (χ0n) is 7.79. The molecule has 15 heavy (non-hydrogen) atoms. The molecule has 0 bridgehead atoms. The number of benzene rings is 1. The number of ether oxygens (including phenoxy) is 1. The van der Waals surface area contributed by atoms with E-state index in [4.69, 9.17) is 10.00 Å².